The number of hydrogen-bond donors (Lipinski definition) is 0. The zero-order valence-electron chi connectivity index (χ0n) is 9.73. The SMILES string of the molecule is Fc1cc(Br)cc(F)c1/C=C/c1c(F)cc(Br)cc1F. The number of benzene rings is 2. The molecule has 0 atom stereocenters. The molecule has 0 aromatic heterocycles. The fourth-order valence-corrected chi connectivity index (χ4v) is 2.40. The van der Waals surface area contributed by atoms with Gasteiger partial charge in [-0.25, -0.2) is 17.6 Å². The molecular formula is C14H6Br2F4. The normalized spacial score (nSPS) is 11.3. The highest BCUT2D eigenvalue weighted by molar-refractivity contribution is 9.10. The first-order chi connectivity index (χ1) is 9.38. The molecule has 0 unspecified atom stereocenters. The second-order valence-corrected chi connectivity index (χ2v) is 5.73. The predicted octanol–water partition coefficient (Wildman–Crippen LogP) is 5.94. The van der Waals surface area contributed by atoms with Crippen LogP contribution in [0.1, 0.15) is 11.1 Å². The van der Waals surface area contributed by atoms with Crippen molar-refractivity contribution in [3.05, 3.63) is 67.6 Å². The van der Waals surface area contributed by atoms with Crippen molar-refractivity contribution in [1.29, 1.82) is 0 Å². The Labute approximate surface area is 129 Å². The molecule has 0 aliphatic carbocycles. The topological polar surface area (TPSA) is 0 Å². The minimum absolute atomic E-state index is 0.241. The fraction of sp³-hybridized carbons (Fsp3) is 0. The van der Waals surface area contributed by atoms with Gasteiger partial charge in [0.1, 0.15) is 23.3 Å². The molecule has 0 fully saturated rings. The molecule has 0 radical (unpaired) electrons. The van der Waals surface area contributed by atoms with Crippen molar-refractivity contribution in [3.63, 3.8) is 0 Å². The molecule has 0 saturated carbocycles. The first kappa shape index (κ1) is 15.3. The van der Waals surface area contributed by atoms with Gasteiger partial charge in [0.2, 0.25) is 0 Å². The lowest BCUT2D eigenvalue weighted by molar-refractivity contribution is 0.574. The summed E-state index contributed by atoms with van der Waals surface area (Å²) in [5, 5.41) is 0. The zero-order valence-corrected chi connectivity index (χ0v) is 12.9. The summed E-state index contributed by atoms with van der Waals surface area (Å²) in [5.41, 5.74) is -0.732. The molecule has 2 aromatic rings. The van der Waals surface area contributed by atoms with Gasteiger partial charge >= 0.3 is 0 Å². The minimum atomic E-state index is -0.828. The molecule has 0 heterocycles. The molecule has 2 rings (SSSR count). The van der Waals surface area contributed by atoms with Gasteiger partial charge in [-0.1, -0.05) is 31.9 Å². The molecule has 0 nitrogen and oxygen atoms in total. The van der Waals surface area contributed by atoms with Crippen molar-refractivity contribution in [1.82, 2.24) is 0 Å². The van der Waals surface area contributed by atoms with Gasteiger partial charge in [-0.05, 0) is 36.4 Å². The Kier molecular flexibility index (Phi) is 4.65. The highest BCUT2D eigenvalue weighted by Crippen LogP contribution is 2.24. The Morgan fingerprint density at radius 1 is 0.600 bits per heavy atom. The van der Waals surface area contributed by atoms with Crippen LogP contribution in [0.4, 0.5) is 17.6 Å². The average Bonchev–Trinajstić information content (AvgIpc) is 2.30. The Morgan fingerprint density at radius 2 is 0.850 bits per heavy atom. The Morgan fingerprint density at radius 3 is 1.10 bits per heavy atom. The summed E-state index contributed by atoms with van der Waals surface area (Å²) in [7, 11) is 0. The van der Waals surface area contributed by atoms with Crippen LogP contribution in [-0.4, -0.2) is 0 Å². The Bertz CT molecular complexity index is 590. The predicted molar refractivity (Wildman–Crippen MR) is 77.0 cm³/mol. The van der Waals surface area contributed by atoms with Crippen molar-refractivity contribution >= 4 is 44.0 Å². The number of hydrogen-bond acceptors (Lipinski definition) is 0. The average molecular weight is 410 g/mol. The van der Waals surface area contributed by atoms with Crippen LogP contribution in [-0.2, 0) is 0 Å². The van der Waals surface area contributed by atoms with Crippen LogP contribution in [0, 0.1) is 23.3 Å². The van der Waals surface area contributed by atoms with Gasteiger partial charge in [-0.2, -0.15) is 0 Å². The maximum absolute atomic E-state index is 13.6. The number of halogens is 6. The lowest BCUT2D eigenvalue weighted by Gasteiger charge is -2.03. The maximum atomic E-state index is 13.6. The van der Waals surface area contributed by atoms with Crippen LogP contribution >= 0.6 is 31.9 Å². The molecule has 104 valence electrons. The first-order valence-corrected chi connectivity index (χ1v) is 6.94. The van der Waals surface area contributed by atoms with E-state index in [1.165, 1.54) is 0 Å². The summed E-state index contributed by atoms with van der Waals surface area (Å²) in [6, 6.07) is 4.27. The van der Waals surface area contributed by atoms with Crippen molar-refractivity contribution in [2.45, 2.75) is 0 Å². The van der Waals surface area contributed by atoms with E-state index in [0.717, 1.165) is 36.4 Å². The monoisotopic (exact) mass is 408 g/mol. The van der Waals surface area contributed by atoms with Crippen LogP contribution in [0.3, 0.4) is 0 Å². The molecule has 0 bridgehead atoms. The van der Waals surface area contributed by atoms with Gasteiger partial charge in [0, 0.05) is 20.1 Å². The summed E-state index contributed by atoms with van der Waals surface area (Å²) in [4.78, 5) is 0. The van der Waals surface area contributed by atoms with Gasteiger partial charge in [0.15, 0.2) is 0 Å². The lowest BCUT2D eigenvalue weighted by atomic mass is 10.1. The molecule has 0 aliphatic heterocycles. The molecule has 20 heavy (non-hydrogen) atoms. The molecule has 0 spiro atoms. The highest BCUT2D eigenvalue weighted by Gasteiger charge is 2.10. The van der Waals surface area contributed by atoms with E-state index in [2.05, 4.69) is 31.9 Å². The summed E-state index contributed by atoms with van der Waals surface area (Å²) in [6.07, 6.45) is 1.99. The second kappa shape index (κ2) is 6.10. The van der Waals surface area contributed by atoms with Crippen molar-refractivity contribution in [2.75, 3.05) is 0 Å². The molecule has 0 amide bonds. The van der Waals surface area contributed by atoms with Gasteiger partial charge in [-0.3, -0.25) is 0 Å². The standard InChI is InChI=1S/C14H6Br2F4/c15-7-3-11(17)9(12(18)4-7)1-2-10-13(19)5-8(16)6-14(10)20/h1-6H/b2-1+. The van der Waals surface area contributed by atoms with Gasteiger partial charge in [0.25, 0.3) is 0 Å². The van der Waals surface area contributed by atoms with E-state index >= 15 is 0 Å². The minimum Gasteiger partial charge on any atom is -0.206 e. The molecule has 2 aromatic carbocycles. The van der Waals surface area contributed by atoms with Crippen LogP contribution in [0.5, 0.6) is 0 Å². The summed E-state index contributed by atoms with van der Waals surface area (Å²) >= 11 is 5.89. The van der Waals surface area contributed by atoms with E-state index < -0.39 is 23.3 Å². The second-order valence-electron chi connectivity index (χ2n) is 3.90. The van der Waals surface area contributed by atoms with E-state index in [-0.39, 0.29) is 20.1 Å². The van der Waals surface area contributed by atoms with Crippen LogP contribution in [0.2, 0.25) is 0 Å². The largest absolute Gasteiger partial charge is 0.206 e. The Balaban J connectivity index is 2.45. The van der Waals surface area contributed by atoms with Gasteiger partial charge in [-0.15, -0.1) is 0 Å². The third-order valence-electron chi connectivity index (χ3n) is 2.50. The maximum Gasteiger partial charge on any atom is 0.134 e. The third kappa shape index (κ3) is 3.30. The van der Waals surface area contributed by atoms with Crippen molar-refractivity contribution in [3.8, 4) is 0 Å². The van der Waals surface area contributed by atoms with E-state index in [9.17, 15) is 17.6 Å². The lowest BCUT2D eigenvalue weighted by Crippen LogP contribution is -1.91. The van der Waals surface area contributed by atoms with Gasteiger partial charge < -0.3 is 0 Å². The molecular weight excluding hydrogens is 404 g/mol. The highest BCUT2D eigenvalue weighted by atomic mass is 79.9. The molecule has 0 aliphatic rings. The zero-order chi connectivity index (χ0) is 14.9. The van der Waals surface area contributed by atoms with Crippen molar-refractivity contribution in [2.24, 2.45) is 0 Å². The summed E-state index contributed by atoms with van der Waals surface area (Å²) < 4.78 is 54.7. The number of rotatable bonds is 2. The van der Waals surface area contributed by atoms with E-state index in [0.29, 0.717) is 0 Å². The molecule has 0 saturated heterocycles. The van der Waals surface area contributed by atoms with E-state index in [1.807, 2.05) is 0 Å². The summed E-state index contributed by atoms with van der Waals surface area (Å²) in [5.74, 6) is -3.31. The Hall–Kier alpha value is -1.14. The van der Waals surface area contributed by atoms with Crippen LogP contribution in [0.25, 0.3) is 12.2 Å². The smallest absolute Gasteiger partial charge is 0.134 e. The first-order valence-electron chi connectivity index (χ1n) is 5.35. The van der Waals surface area contributed by atoms with Gasteiger partial charge in [0.05, 0.1) is 0 Å². The van der Waals surface area contributed by atoms with E-state index in [1.54, 1.807) is 0 Å². The fourth-order valence-electron chi connectivity index (χ4n) is 1.59. The van der Waals surface area contributed by atoms with Crippen molar-refractivity contribution < 1.29 is 17.6 Å². The summed E-state index contributed by atoms with van der Waals surface area (Å²) in [6.45, 7) is 0. The quantitative estimate of drug-likeness (QED) is 0.425. The molecule has 0 N–H and O–H groups in total. The van der Waals surface area contributed by atoms with E-state index in [4.69, 9.17) is 0 Å². The molecule has 6 heteroatoms. The third-order valence-corrected chi connectivity index (χ3v) is 3.42. The van der Waals surface area contributed by atoms with Crippen LogP contribution < -0.4 is 0 Å². The van der Waals surface area contributed by atoms with Crippen LogP contribution in [0.15, 0.2) is 33.2 Å².